The van der Waals surface area contributed by atoms with Crippen molar-refractivity contribution in [3.63, 3.8) is 0 Å². The van der Waals surface area contributed by atoms with E-state index in [4.69, 9.17) is 0 Å². The second-order valence-electron chi connectivity index (χ2n) is 5.81. The van der Waals surface area contributed by atoms with Gasteiger partial charge in [-0.2, -0.15) is 0 Å². The zero-order valence-electron chi connectivity index (χ0n) is 12.2. The van der Waals surface area contributed by atoms with Gasteiger partial charge in [-0.25, -0.2) is 9.50 Å². The van der Waals surface area contributed by atoms with Crippen LogP contribution in [0.3, 0.4) is 0 Å². The summed E-state index contributed by atoms with van der Waals surface area (Å²) in [6, 6.07) is 11.8. The van der Waals surface area contributed by atoms with Crippen LogP contribution in [0, 0.1) is 5.92 Å². The van der Waals surface area contributed by atoms with Crippen LogP contribution in [-0.4, -0.2) is 26.2 Å². The lowest BCUT2D eigenvalue weighted by atomic mass is 10.1. The van der Waals surface area contributed by atoms with Crippen LogP contribution in [0.1, 0.15) is 18.4 Å². The van der Waals surface area contributed by atoms with E-state index in [2.05, 4.69) is 15.4 Å². The first kappa shape index (κ1) is 13.3. The Kier molecular flexibility index (Phi) is 3.27. The Morgan fingerprint density at radius 2 is 2.14 bits per heavy atom. The van der Waals surface area contributed by atoms with Gasteiger partial charge in [-0.1, -0.05) is 18.2 Å². The topological polar surface area (TPSA) is 62.5 Å². The summed E-state index contributed by atoms with van der Waals surface area (Å²) in [5.74, 6) is 1.68. The van der Waals surface area contributed by atoms with Gasteiger partial charge in [-0.15, -0.1) is 5.10 Å². The number of fused-ring (bicyclic) bond motifs is 1. The molecule has 0 atom stereocenters. The van der Waals surface area contributed by atoms with Crippen LogP contribution in [0.25, 0.3) is 16.9 Å². The molecule has 2 heterocycles. The van der Waals surface area contributed by atoms with Crippen molar-refractivity contribution < 1.29 is 5.11 Å². The number of nitrogens with zero attached hydrogens (tertiary/aromatic N) is 3. The average molecular weight is 294 g/mol. The van der Waals surface area contributed by atoms with E-state index in [1.54, 1.807) is 0 Å². The quantitative estimate of drug-likeness (QED) is 0.759. The van der Waals surface area contributed by atoms with E-state index in [0.29, 0.717) is 0 Å². The van der Waals surface area contributed by atoms with Gasteiger partial charge < -0.3 is 10.4 Å². The number of aliphatic hydroxyl groups excluding tert-OH is 1. The molecule has 0 unspecified atom stereocenters. The molecule has 112 valence electrons. The van der Waals surface area contributed by atoms with Crippen molar-refractivity contribution in [1.29, 1.82) is 0 Å². The molecule has 0 radical (unpaired) electrons. The van der Waals surface area contributed by atoms with Crippen molar-refractivity contribution in [1.82, 2.24) is 14.6 Å². The number of hydrogen-bond acceptors (Lipinski definition) is 4. The lowest BCUT2D eigenvalue weighted by molar-refractivity contribution is 0.282. The van der Waals surface area contributed by atoms with Gasteiger partial charge in [0.1, 0.15) is 5.82 Å². The molecule has 4 rings (SSSR count). The predicted octanol–water partition coefficient (Wildman–Crippen LogP) is 2.71. The fraction of sp³-hybridized carbons (Fsp3) is 0.294. The lowest BCUT2D eigenvalue weighted by Gasteiger charge is -2.07. The van der Waals surface area contributed by atoms with Crippen LogP contribution in [0.4, 0.5) is 5.82 Å². The Hall–Kier alpha value is -2.40. The summed E-state index contributed by atoms with van der Waals surface area (Å²) in [7, 11) is 0. The van der Waals surface area contributed by atoms with Gasteiger partial charge in [0.25, 0.3) is 0 Å². The van der Waals surface area contributed by atoms with Crippen molar-refractivity contribution in [2.75, 3.05) is 11.9 Å². The maximum atomic E-state index is 9.30. The highest BCUT2D eigenvalue weighted by Gasteiger charge is 2.20. The standard InChI is InChI=1S/C17H18N4O/c22-11-13-2-1-3-14(8-13)15-10-19-17-7-6-16(20-21(15)17)18-9-12-4-5-12/h1-3,6-8,10,12,22H,4-5,9,11H2,(H,18,20). The Morgan fingerprint density at radius 1 is 1.23 bits per heavy atom. The molecule has 3 aromatic rings. The number of nitrogens with one attached hydrogen (secondary N) is 1. The predicted molar refractivity (Wildman–Crippen MR) is 85.6 cm³/mol. The van der Waals surface area contributed by atoms with E-state index in [0.717, 1.165) is 40.7 Å². The first-order chi connectivity index (χ1) is 10.8. The molecular formula is C17H18N4O. The van der Waals surface area contributed by atoms with Crippen molar-refractivity contribution >= 4 is 11.5 Å². The fourth-order valence-electron chi connectivity index (χ4n) is 2.56. The summed E-state index contributed by atoms with van der Waals surface area (Å²) in [5.41, 5.74) is 3.64. The van der Waals surface area contributed by atoms with Gasteiger partial charge in [-0.05, 0) is 42.5 Å². The minimum absolute atomic E-state index is 0.0339. The highest BCUT2D eigenvalue weighted by molar-refractivity contribution is 5.64. The zero-order valence-corrected chi connectivity index (χ0v) is 12.2. The molecule has 22 heavy (non-hydrogen) atoms. The molecule has 1 aliphatic carbocycles. The molecule has 0 spiro atoms. The third-order valence-electron chi connectivity index (χ3n) is 4.04. The number of rotatable bonds is 5. The molecule has 0 aliphatic heterocycles. The third kappa shape index (κ3) is 2.55. The summed E-state index contributed by atoms with van der Waals surface area (Å²) in [5, 5.41) is 17.3. The normalized spacial score (nSPS) is 14.4. The highest BCUT2D eigenvalue weighted by Crippen LogP contribution is 2.29. The molecule has 1 aliphatic rings. The number of benzene rings is 1. The molecule has 0 amide bonds. The third-order valence-corrected chi connectivity index (χ3v) is 4.04. The van der Waals surface area contributed by atoms with Crippen LogP contribution < -0.4 is 5.32 Å². The van der Waals surface area contributed by atoms with Crippen molar-refractivity contribution in [3.05, 3.63) is 48.2 Å². The van der Waals surface area contributed by atoms with Crippen LogP contribution in [0.2, 0.25) is 0 Å². The zero-order chi connectivity index (χ0) is 14.9. The van der Waals surface area contributed by atoms with E-state index < -0.39 is 0 Å². The Labute approximate surface area is 128 Å². The molecule has 2 aromatic heterocycles. The molecule has 5 nitrogen and oxygen atoms in total. The van der Waals surface area contributed by atoms with Crippen LogP contribution in [0.5, 0.6) is 0 Å². The summed E-state index contributed by atoms with van der Waals surface area (Å²) >= 11 is 0. The van der Waals surface area contributed by atoms with Gasteiger partial charge >= 0.3 is 0 Å². The summed E-state index contributed by atoms with van der Waals surface area (Å²) in [6.07, 6.45) is 4.46. The van der Waals surface area contributed by atoms with Crippen molar-refractivity contribution in [3.8, 4) is 11.3 Å². The van der Waals surface area contributed by atoms with Crippen LogP contribution in [-0.2, 0) is 6.61 Å². The SMILES string of the molecule is OCc1cccc(-c2cnc3ccc(NCC4CC4)nn23)c1. The molecule has 0 bridgehead atoms. The summed E-state index contributed by atoms with van der Waals surface area (Å²) in [4.78, 5) is 4.41. The van der Waals surface area contributed by atoms with Gasteiger partial charge in [0, 0.05) is 12.1 Å². The van der Waals surface area contributed by atoms with E-state index in [1.165, 1.54) is 12.8 Å². The second kappa shape index (κ2) is 5.42. The maximum absolute atomic E-state index is 9.30. The van der Waals surface area contributed by atoms with Gasteiger partial charge in [0.05, 0.1) is 18.5 Å². The molecule has 5 heteroatoms. The number of aromatic nitrogens is 3. The van der Waals surface area contributed by atoms with Gasteiger partial charge in [0.2, 0.25) is 0 Å². The van der Waals surface area contributed by atoms with Gasteiger partial charge in [-0.3, -0.25) is 0 Å². The molecule has 1 saturated carbocycles. The van der Waals surface area contributed by atoms with E-state index in [9.17, 15) is 5.11 Å². The fourth-order valence-corrected chi connectivity index (χ4v) is 2.56. The van der Waals surface area contributed by atoms with Crippen molar-refractivity contribution in [2.45, 2.75) is 19.4 Å². The van der Waals surface area contributed by atoms with Crippen molar-refractivity contribution in [2.24, 2.45) is 5.92 Å². The van der Waals surface area contributed by atoms with Gasteiger partial charge in [0.15, 0.2) is 5.65 Å². The Bertz CT molecular complexity index is 807. The lowest BCUT2D eigenvalue weighted by Crippen LogP contribution is -2.07. The molecule has 0 saturated heterocycles. The molecule has 2 N–H and O–H groups in total. The molecule has 1 aromatic carbocycles. The molecular weight excluding hydrogens is 276 g/mol. The average Bonchev–Trinajstić information content (AvgIpc) is 3.30. The van der Waals surface area contributed by atoms with E-state index in [1.807, 2.05) is 47.1 Å². The van der Waals surface area contributed by atoms with Crippen LogP contribution >= 0.6 is 0 Å². The number of anilines is 1. The number of aliphatic hydroxyl groups is 1. The highest BCUT2D eigenvalue weighted by atomic mass is 16.3. The second-order valence-corrected chi connectivity index (χ2v) is 5.81. The largest absolute Gasteiger partial charge is 0.392 e. The molecule has 1 fully saturated rings. The number of hydrogen-bond donors (Lipinski definition) is 2. The first-order valence-corrected chi connectivity index (χ1v) is 7.62. The van der Waals surface area contributed by atoms with Crippen LogP contribution in [0.15, 0.2) is 42.6 Å². The minimum Gasteiger partial charge on any atom is -0.392 e. The van der Waals surface area contributed by atoms with E-state index in [-0.39, 0.29) is 6.61 Å². The smallest absolute Gasteiger partial charge is 0.154 e. The Morgan fingerprint density at radius 3 is 2.95 bits per heavy atom. The monoisotopic (exact) mass is 294 g/mol. The number of imidazole rings is 1. The Balaban J connectivity index is 1.71. The first-order valence-electron chi connectivity index (χ1n) is 7.62. The summed E-state index contributed by atoms with van der Waals surface area (Å²) < 4.78 is 1.85. The minimum atomic E-state index is 0.0339. The summed E-state index contributed by atoms with van der Waals surface area (Å²) in [6.45, 7) is 1.02. The maximum Gasteiger partial charge on any atom is 0.154 e. The van der Waals surface area contributed by atoms with E-state index >= 15 is 0 Å².